The monoisotopic (exact) mass is 303 g/mol. The number of rotatable bonds is 14. The molecule has 5 nitrogen and oxygen atoms in total. The zero-order valence-electron chi connectivity index (χ0n) is 14.2. The molecule has 0 fully saturated rings. The Bertz CT molecular complexity index is 246. The first kappa shape index (κ1) is 20.3. The lowest BCUT2D eigenvalue weighted by Crippen LogP contribution is -2.21. The van der Waals surface area contributed by atoms with Crippen molar-refractivity contribution >= 4 is 5.97 Å². The maximum Gasteiger partial charge on any atom is 0.308 e. The summed E-state index contributed by atoms with van der Waals surface area (Å²) in [5.74, 6) is -0.0453. The van der Waals surface area contributed by atoms with Crippen LogP contribution in [0, 0.1) is 5.92 Å². The van der Waals surface area contributed by atoms with Gasteiger partial charge in [-0.2, -0.15) is 0 Å². The van der Waals surface area contributed by atoms with Gasteiger partial charge in [-0.05, 0) is 26.9 Å². The fraction of sp³-hybridized carbons (Fsp3) is 0.938. The summed E-state index contributed by atoms with van der Waals surface area (Å²) in [6.45, 7) is 7.67. The molecule has 0 aromatic heterocycles. The van der Waals surface area contributed by atoms with Gasteiger partial charge >= 0.3 is 5.97 Å². The highest BCUT2D eigenvalue weighted by Crippen LogP contribution is 2.14. The van der Waals surface area contributed by atoms with E-state index in [9.17, 15) is 4.79 Å². The van der Waals surface area contributed by atoms with Crippen molar-refractivity contribution in [3.63, 3.8) is 0 Å². The quantitative estimate of drug-likeness (QED) is 0.364. The molecule has 0 aromatic rings. The van der Waals surface area contributed by atoms with Crippen LogP contribution in [0.15, 0.2) is 0 Å². The van der Waals surface area contributed by atoms with Gasteiger partial charge in [-0.15, -0.1) is 0 Å². The molecule has 5 heteroatoms. The van der Waals surface area contributed by atoms with E-state index in [1.54, 1.807) is 0 Å². The highest BCUT2D eigenvalue weighted by Gasteiger charge is 2.16. The Morgan fingerprint density at radius 2 is 1.62 bits per heavy atom. The molecule has 0 bridgehead atoms. The minimum absolute atomic E-state index is 0.0410. The van der Waals surface area contributed by atoms with Gasteiger partial charge in [0.2, 0.25) is 0 Å². The van der Waals surface area contributed by atoms with Crippen LogP contribution in [0.3, 0.4) is 0 Å². The van der Waals surface area contributed by atoms with Gasteiger partial charge in [0.25, 0.3) is 0 Å². The second kappa shape index (κ2) is 14.3. The molecule has 0 heterocycles. The van der Waals surface area contributed by atoms with Crippen molar-refractivity contribution in [1.82, 2.24) is 4.90 Å². The maximum absolute atomic E-state index is 11.8. The van der Waals surface area contributed by atoms with Crippen LogP contribution in [-0.2, 0) is 19.0 Å². The maximum atomic E-state index is 11.8. The number of nitrogens with zero attached hydrogens (tertiary/aromatic N) is 1. The average molecular weight is 303 g/mol. The second-order valence-corrected chi connectivity index (χ2v) is 5.44. The van der Waals surface area contributed by atoms with Gasteiger partial charge < -0.3 is 19.1 Å². The van der Waals surface area contributed by atoms with Gasteiger partial charge in [-0.3, -0.25) is 4.79 Å². The molecule has 0 radical (unpaired) electrons. The van der Waals surface area contributed by atoms with Gasteiger partial charge in [0.15, 0.2) is 0 Å². The Labute approximate surface area is 129 Å². The molecule has 0 saturated heterocycles. The zero-order valence-corrected chi connectivity index (χ0v) is 14.2. The van der Waals surface area contributed by atoms with Crippen molar-refractivity contribution in [2.75, 3.05) is 53.7 Å². The SMILES string of the molecule is CCCCC(CC)C(=O)OCCOCCOCCN(C)C. The van der Waals surface area contributed by atoms with Crippen LogP contribution in [0.25, 0.3) is 0 Å². The van der Waals surface area contributed by atoms with Crippen LogP contribution < -0.4 is 0 Å². The molecule has 1 unspecified atom stereocenters. The molecule has 126 valence electrons. The zero-order chi connectivity index (χ0) is 15.9. The van der Waals surface area contributed by atoms with Crippen molar-refractivity contribution in [1.29, 1.82) is 0 Å². The van der Waals surface area contributed by atoms with Crippen molar-refractivity contribution in [3.05, 3.63) is 0 Å². The lowest BCUT2D eigenvalue weighted by Gasteiger charge is -2.14. The summed E-state index contributed by atoms with van der Waals surface area (Å²) >= 11 is 0. The number of carbonyl (C=O) groups is 1. The highest BCUT2D eigenvalue weighted by atomic mass is 16.6. The predicted molar refractivity (Wildman–Crippen MR) is 84.5 cm³/mol. The summed E-state index contributed by atoms with van der Waals surface area (Å²) in [6.07, 6.45) is 3.96. The summed E-state index contributed by atoms with van der Waals surface area (Å²) in [4.78, 5) is 13.9. The predicted octanol–water partition coefficient (Wildman–Crippen LogP) is 2.34. The van der Waals surface area contributed by atoms with Crippen LogP contribution in [0.2, 0.25) is 0 Å². The minimum atomic E-state index is -0.0863. The lowest BCUT2D eigenvalue weighted by molar-refractivity contribution is -0.150. The molecule has 21 heavy (non-hydrogen) atoms. The average Bonchev–Trinajstić information content (AvgIpc) is 2.46. The smallest absolute Gasteiger partial charge is 0.308 e. The van der Waals surface area contributed by atoms with E-state index in [4.69, 9.17) is 14.2 Å². The van der Waals surface area contributed by atoms with Gasteiger partial charge in [-0.1, -0.05) is 26.7 Å². The summed E-state index contributed by atoms with van der Waals surface area (Å²) in [5.41, 5.74) is 0. The Morgan fingerprint density at radius 1 is 1.00 bits per heavy atom. The normalized spacial score (nSPS) is 12.6. The third-order valence-corrected chi connectivity index (χ3v) is 3.26. The summed E-state index contributed by atoms with van der Waals surface area (Å²) in [7, 11) is 4.02. The largest absolute Gasteiger partial charge is 0.463 e. The lowest BCUT2D eigenvalue weighted by atomic mass is 10.00. The molecule has 0 aliphatic heterocycles. The van der Waals surface area contributed by atoms with Crippen molar-refractivity contribution in [2.24, 2.45) is 5.92 Å². The third-order valence-electron chi connectivity index (χ3n) is 3.26. The first-order chi connectivity index (χ1) is 10.1. The second-order valence-electron chi connectivity index (χ2n) is 5.44. The van der Waals surface area contributed by atoms with Crippen LogP contribution in [-0.4, -0.2) is 64.5 Å². The molecule has 1 atom stereocenters. The van der Waals surface area contributed by atoms with Crippen LogP contribution >= 0.6 is 0 Å². The number of ether oxygens (including phenoxy) is 3. The molecule has 0 aliphatic carbocycles. The van der Waals surface area contributed by atoms with Gasteiger partial charge in [-0.25, -0.2) is 0 Å². The van der Waals surface area contributed by atoms with Crippen LogP contribution in [0.5, 0.6) is 0 Å². The summed E-state index contributed by atoms with van der Waals surface area (Å²) in [6, 6.07) is 0. The van der Waals surface area contributed by atoms with E-state index >= 15 is 0 Å². The molecular weight excluding hydrogens is 270 g/mol. The molecule has 0 saturated carbocycles. The summed E-state index contributed by atoms with van der Waals surface area (Å²) in [5, 5.41) is 0. The molecule has 0 N–H and O–H groups in total. The van der Waals surface area contributed by atoms with Crippen molar-refractivity contribution < 1.29 is 19.0 Å². The fourth-order valence-electron chi connectivity index (χ4n) is 1.83. The third kappa shape index (κ3) is 12.8. The number of hydrogen-bond donors (Lipinski definition) is 0. The van der Waals surface area contributed by atoms with Crippen molar-refractivity contribution in [2.45, 2.75) is 39.5 Å². The first-order valence-corrected chi connectivity index (χ1v) is 8.08. The number of likely N-dealkylation sites (N-methyl/N-ethyl adjacent to an activating group) is 1. The van der Waals surface area contributed by atoms with Gasteiger partial charge in [0.1, 0.15) is 6.61 Å². The molecule has 0 aliphatic rings. The minimum Gasteiger partial charge on any atom is -0.463 e. The topological polar surface area (TPSA) is 48.0 Å². The van der Waals surface area contributed by atoms with E-state index in [0.29, 0.717) is 33.0 Å². The standard InChI is InChI=1S/C16H33NO4/c1-5-7-8-15(6-2)16(18)21-14-13-20-12-11-19-10-9-17(3)4/h15H,5-14H2,1-4H3. The molecular formula is C16H33NO4. The van der Waals surface area contributed by atoms with E-state index in [-0.39, 0.29) is 11.9 Å². The van der Waals surface area contributed by atoms with E-state index in [0.717, 1.165) is 32.2 Å². The molecule has 0 rings (SSSR count). The van der Waals surface area contributed by atoms with Gasteiger partial charge in [0.05, 0.1) is 32.3 Å². The summed E-state index contributed by atoms with van der Waals surface area (Å²) < 4.78 is 16.0. The fourth-order valence-corrected chi connectivity index (χ4v) is 1.83. The van der Waals surface area contributed by atoms with E-state index in [2.05, 4.69) is 11.8 Å². The van der Waals surface area contributed by atoms with Crippen LogP contribution in [0.1, 0.15) is 39.5 Å². The highest BCUT2D eigenvalue weighted by molar-refractivity contribution is 5.72. The van der Waals surface area contributed by atoms with E-state index in [1.165, 1.54) is 0 Å². The Hall–Kier alpha value is -0.650. The van der Waals surface area contributed by atoms with Gasteiger partial charge in [0, 0.05) is 6.54 Å². The number of unbranched alkanes of at least 4 members (excludes halogenated alkanes) is 1. The van der Waals surface area contributed by atoms with E-state index in [1.807, 2.05) is 21.0 Å². The van der Waals surface area contributed by atoms with E-state index < -0.39 is 0 Å². The first-order valence-electron chi connectivity index (χ1n) is 8.08. The van der Waals surface area contributed by atoms with Crippen LogP contribution in [0.4, 0.5) is 0 Å². The molecule has 0 spiro atoms. The van der Waals surface area contributed by atoms with Crippen molar-refractivity contribution in [3.8, 4) is 0 Å². The molecule has 0 aromatic carbocycles. The Kier molecular flexibility index (Phi) is 13.9. The number of carbonyl (C=O) groups excluding carboxylic acids is 1. The Balaban J connectivity index is 3.42. The molecule has 0 amide bonds. The number of esters is 1. The number of hydrogen-bond acceptors (Lipinski definition) is 5. The Morgan fingerprint density at radius 3 is 2.19 bits per heavy atom.